The molecule has 0 spiro atoms. The fourth-order valence-electron chi connectivity index (χ4n) is 2.32. The Morgan fingerprint density at radius 1 is 1.14 bits per heavy atom. The van der Waals surface area contributed by atoms with Gasteiger partial charge in [-0.1, -0.05) is 29.8 Å². The number of nitrogens with zero attached hydrogens (tertiary/aromatic N) is 1. The number of carbonyl (C=O) groups is 1. The lowest BCUT2D eigenvalue weighted by Gasteiger charge is -2.04. The number of H-pyrrole nitrogens is 1. The average Bonchev–Trinajstić information content (AvgIpc) is 2.55. The predicted octanol–water partition coefficient (Wildman–Crippen LogP) is 2.94. The van der Waals surface area contributed by atoms with Gasteiger partial charge in [0.1, 0.15) is 0 Å². The molecule has 0 aliphatic heterocycles. The smallest absolute Gasteiger partial charge is 0.200 e. The zero-order chi connectivity index (χ0) is 15.7. The van der Waals surface area contributed by atoms with Crippen molar-refractivity contribution in [1.29, 1.82) is 5.26 Å². The van der Waals surface area contributed by atoms with Crippen LogP contribution >= 0.6 is 0 Å². The van der Waals surface area contributed by atoms with Crippen LogP contribution in [-0.4, -0.2) is 10.8 Å². The standard InChI is InChI=1S/C18H12N2O2/c1-11-2-5-13(6-3-11)17(21)15-10-20-16-8-12(9-19)4-7-14(16)18(15)22/h2-8,10H,1H3,(H,20,22). The maximum absolute atomic E-state index is 12.5. The summed E-state index contributed by atoms with van der Waals surface area (Å²) in [5.74, 6) is -0.312. The largest absolute Gasteiger partial charge is 0.360 e. The van der Waals surface area contributed by atoms with E-state index in [1.54, 1.807) is 30.3 Å². The maximum atomic E-state index is 12.5. The number of carbonyl (C=O) groups excluding carboxylic acids is 1. The number of hydrogen-bond donors (Lipinski definition) is 1. The van der Waals surface area contributed by atoms with Gasteiger partial charge in [0.15, 0.2) is 5.78 Å². The van der Waals surface area contributed by atoms with Gasteiger partial charge in [0.25, 0.3) is 0 Å². The number of fused-ring (bicyclic) bond motifs is 1. The van der Waals surface area contributed by atoms with Crippen LogP contribution in [0.25, 0.3) is 10.9 Å². The lowest BCUT2D eigenvalue weighted by Crippen LogP contribution is -2.16. The van der Waals surface area contributed by atoms with E-state index in [1.165, 1.54) is 6.20 Å². The summed E-state index contributed by atoms with van der Waals surface area (Å²) in [5.41, 5.74) is 2.30. The van der Waals surface area contributed by atoms with Crippen molar-refractivity contribution < 1.29 is 4.79 Å². The summed E-state index contributed by atoms with van der Waals surface area (Å²) in [6.45, 7) is 1.93. The maximum Gasteiger partial charge on any atom is 0.200 e. The van der Waals surface area contributed by atoms with Crippen LogP contribution in [0, 0.1) is 18.3 Å². The molecule has 4 heteroatoms. The molecule has 106 valence electrons. The molecule has 2 aromatic carbocycles. The van der Waals surface area contributed by atoms with Crippen LogP contribution in [0.2, 0.25) is 0 Å². The monoisotopic (exact) mass is 288 g/mol. The van der Waals surface area contributed by atoms with E-state index in [-0.39, 0.29) is 16.8 Å². The summed E-state index contributed by atoms with van der Waals surface area (Å²) in [6, 6.07) is 13.8. The number of nitriles is 1. The Hall–Kier alpha value is -3.19. The second-order valence-electron chi connectivity index (χ2n) is 5.10. The number of rotatable bonds is 2. The summed E-state index contributed by atoms with van der Waals surface area (Å²) in [7, 11) is 0. The molecule has 1 heterocycles. The lowest BCUT2D eigenvalue weighted by molar-refractivity contribution is 0.103. The Labute approximate surface area is 126 Å². The molecule has 0 bridgehead atoms. The molecular formula is C18H12N2O2. The molecule has 0 saturated heterocycles. The SMILES string of the molecule is Cc1ccc(C(=O)c2c[nH]c3cc(C#N)ccc3c2=O)cc1. The van der Waals surface area contributed by atoms with Gasteiger partial charge in [0.05, 0.1) is 22.7 Å². The van der Waals surface area contributed by atoms with Crippen LogP contribution < -0.4 is 5.43 Å². The van der Waals surface area contributed by atoms with Gasteiger partial charge in [0.2, 0.25) is 5.43 Å². The molecule has 1 N–H and O–H groups in total. The summed E-state index contributed by atoms with van der Waals surface area (Å²) >= 11 is 0. The third-order valence-electron chi connectivity index (χ3n) is 3.57. The van der Waals surface area contributed by atoms with Gasteiger partial charge in [-0.2, -0.15) is 5.26 Å². The Balaban J connectivity index is 2.14. The van der Waals surface area contributed by atoms with E-state index in [0.29, 0.717) is 22.0 Å². The minimum atomic E-state index is -0.330. The molecule has 22 heavy (non-hydrogen) atoms. The van der Waals surface area contributed by atoms with Gasteiger partial charge >= 0.3 is 0 Å². The summed E-state index contributed by atoms with van der Waals surface area (Å²) in [6.07, 6.45) is 1.41. The molecule has 1 aromatic heterocycles. The van der Waals surface area contributed by atoms with Crippen molar-refractivity contribution in [2.75, 3.05) is 0 Å². The van der Waals surface area contributed by atoms with Crippen LogP contribution in [-0.2, 0) is 0 Å². The van der Waals surface area contributed by atoms with Gasteiger partial charge in [-0.15, -0.1) is 0 Å². The Kier molecular flexibility index (Phi) is 3.32. The van der Waals surface area contributed by atoms with Gasteiger partial charge in [-0.25, -0.2) is 0 Å². The minimum Gasteiger partial charge on any atom is -0.360 e. The molecule has 0 amide bonds. The molecule has 0 saturated carbocycles. The van der Waals surface area contributed by atoms with Gasteiger partial charge in [-0.05, 0) is 25.1 Å². The van der Waals surface area contributed by atoms with Crippen LogP contribution in [0.15, 0.2) is 53.5 Å². The molecule has 0 radical (unpaired) electrons. The number of aryl methyl sites for hydroxylation is 1. The van der Waals surface area contributed by atoms with Crippen LogP contribution in [0.5, 0.6) is 0 Å². The fraction of sp³-hybridized carbons (Fsp3) is 0.0556. The van der Waals surface area contributed by atoms with E-state index >= 15 is 0 Å². The summed E-state index contributed by atoms with van der Waals surface area (Å²) in [5, 5.41) is 9.28. The molecule has 0 atom stereocenters. The number of ketones is 1. The van der Waals surface area contributed by atoms with E-state index in [2.05, 4.69) is 4.98 Å². The van der Waals surface area contributed by atoms with Gasteiger partial charge in [-0.3, -0.25) is 9.59 Å². The lowest BCUT2D eigenvalue weighted by atomic mass is 10.0. The second-order valence-corrected chi connectivity index (χ2v) is 5.10. The Morgan fingerprint density at radius 3 is 2.55 bits per heavy atom. The first-order valence-electron chi connectivity index (χ1n) is 6.77. The molecular weight excluding hydrogens is 276 g/mol. The fourth-order valence-corrected chi connectivity index (χ4v) is 2.32. The van der Waals surface area contributed by atoms with Crippen molar-refractivity contribution in [1.82, 2.24) is 4.98 Å². The van der Waals surface area contributed by atoms with E-state index in [0.717, 1.165) is 5.56 Å². The molecule has 0 aliphatic carbocycles. The first-order valence-corrected chi connectivity index (χ1v) is 6.77. The topological polar surface area (TPSA) is 73.7 Å². The molecule has 3 aromatic rings. The van der Waals surface area contributed by atoms with E-state index in [9.17, 15) is 9.59 Å². The summed E-state index contributed by atoms with van der Waals surface area (Å²) in [4.78, 5) is 27.9. The van der Waals surface area contributed by atoms with Crippen LogP contribution in [0.1, 0.15) is 27.0 Å². The normalized spacial score (nSPS) is 10.4. The number of nitrogens with one attached hydrogen (secondary N) is 1. The number of aromatic amines is 1. The van der Waals surface area contributed by atoms with Crippen molar-refractivity contribution in [3.8, 4) is 6.07 Å². The minimum absolute atomic E-state index is 0.0982. The quantitative estimate of drug-likeness (QED) is 0.737. The zero-order valence-electron chi connectivity index (χ0n) is 11.9. The second kappa shape index (κ2) is 5.30. The van der Waals surface area contributed by atoms with Crippen molar-refractivity contribution >= 4 is 16.7 Å². The predicted molar refractivity (Wildman–Crippen MR) is 83.9 cm³/mol. The van der Waals surface area contributed by atoms with Crippen LogP contribution in [0.3, 0.4) is 0 Å². The van der Waals surface area contributed by atoms with Crippen molar-refractivity contribution in [2.45, 2.75) is 6.92 Å². The number of aromatic nitrogens is 1. The summed E-state index contributed by atoms with van der Waals surface area (Å²) < 4.78 is 0. The van der Waals surface area contributed by atoms with E-state index < -0.39 is 0 Å². The first kappa shape index (κ1) is 13.8. The van der Waals surface area contributed by atoms with Gasteiger partial charge in [0, 0.05) is 17.1 Å². The van der Waals surface area contributed by atoms with E-state index in [4.69, 9.17) is 5.26 Å². The van der Waals surface area contributed by atoms with Crippen molar-refractivity contribution in [2.24, 2.45) is 0 Å². The molecule has 4 nitrogen and oxygen atoms in total. The van der Waals surface area contributed by atoms with Crippen molar-refractivity contribution in [3.63, 3.8) is 0 Å². The Bertz CT molecular complexity index is 977. The highest BCUT2D eigenvalue weighted by Gasteiger charge is 2.15. The highest BCUT2D eigenvalue weighted by atomic mass is 16.1. The molecule has 3 rings (SSSR count). The third-order valence-corrected chi connectivity index (χ3v) is 3.57. The van der Waals surface area contributed by atoms with Gasteiger partial charge < -0.3 is 4.98 Å². The highest BCUT2D eigenvalue weighted by molar-refractivity contribution is 6.10. The third kappa shape index (κ3) is 2.29. The Morgan fingerprint density at radius 2 is 1.86 bits per heavy atom. The molecule has 0 unspecified atom stereocenters. The molecule has 0 aliphatic rings. The number of pyridine rings is 1. The first-order chi connectivity index (χ1) is 10.6. The van der Waals surface area contributed by atoms with Crippen molar-refractivity contribution in [3.05, 3.63) is 81.1 Å². The highest BCUT2D eigenvalue weighted by Crippen LogP contribution is 2.13. The average molecular weight is 288 g/mol. The van der Waals surface area contributed by atoms with Crippen LogP contribution in [0.4, 0.5) is 0 Å². The van der Waals surface area contributed by atoms with E-state index in [1.807, 2.05) is 25.1 Å². The molecule has 0 fully saturated rings. The number of hydrogen-bond acceptors (Lipinski definition) is 3. The number of benzene rings is 2. The zero-order valence-corrected chi connectivity index (χ0v) is 11.9.